The molecule has 0 saturated carbocycles. The third-order valence-electron chi connectivity index (χ3n) is 2.25. The first-order valence-electron chi connectivity index (χ1n) is 4.99. The zero-order valence-electron chi connectivity index (χ0n) is 8.56. The molecule has 0 spiro atoms. The van der Waals surface area contributed by atoms with E-state index in [4.69, 9.17) is 0 Å². The highest BCUT2D eigenvalue weighted by atomic mass is 14.9. The number of allylic oxidation sites excluding steroid dienone is 1. The van der Waals surface area contributed by atoms with Gasteiger partial charge in [0.2, 0.25) is 0 Å². The summed E-state index contributed by atoms with van der Waals surface area (Å²) in [5.74, 6) is 0.776. The van der Waals surface area contributed by atoms with Gasteiger partial charge >= 0.3 is 0 Å². The summed E-state index contributed by atoms with van der Waals surface area (Å²) >= 11 is 0. The van der Waals surface area contributed by atoms with Crippen LogP contribution >= 0.6 is 0 Å². The van der Waals surface area contributed by atoms with Crippen molar-refractivity contribution in [3.8, 4) is 0 Å². The molecule has 1 unspecified atom stereocenters. The van der Waals surface area contributed by atoms with Crippen LogP contribution in [-0.4, -0.2) is 12.1 Å². The van der Waals surface area contributed by atoms with E-state index in [0.717, 1.165) is 12.5 Å². The predicted molar refractivity (Wildman–Crippen MR) is 54.2 cm³/mol. The lowest BCUT2D eigenvalue weighted by Gasteiger charge is -2.25. The second kappa shape index (κ2) is 4.08. The standard InChI is InChI=1S/C11H21N/c1-11(2,3)12-9-10-7-5-4-6-8-10/h5,7,10,12H,4,6,8-9H2,1-3H3. The number of rotatable bonds is 2. The normalized spacial score (nSPS) is 24.4. The molecule has 0 heterocycles. The largest absolute Gasteiger partial charge is 0.311 e. The van der Waals surface area contributed by atoms with Gasteiger partial charge in [-0.25, -0.2) is 0 Å². The Morgan fingerprint density at radius 3 is 2.67 bits per heavy atom. The molecule has 0 radical (unpaired) electrons. The molecule has 0 aromatic heterocycles. The molecular weight excluding hydrogens is 146 g/mol. The Bertz CT molecular complexity index is 153. The van der Waals surface area contributed by atoms with Crippen LogP contribution in [0.1, 0.15) is 40.0 Å². The van der Waals surface area contributed by atoms with Crippen molar-refractivity contribution in [1.82, 2.24) is 5.32 Å². The van der Waals surface area contributed by atoms with Crippen LogP contribution in [0.5, 0.6) is 0 Å². The molecule has 0 aliphatic heterocycles. The highest BCUT2D eigenvalue weighted by Gasteiger charge is 2.13. The van der Waals surface area contributed by atoms with E-state index in [1.165, 1.54) is 19.3 Å². The first-order valence-corrected chi connectivity index (χ1v) is 4.99. The van der Waals surface area contributed by atoms with Crippen molar-refractivity contribution < 1.29 is 0 Å². The van der Waals surface area contributed by atoms with Gasteiger partial charge in [0.1, 0.15) is 0 Å². The molecule has 0 bridgehead atoms. The summed E-state index contributed by atoms with van der Waals surface area (Å²) in [7, 11) is 0. The van der Waals surface area contributed by atoms with Gasteiger partial charge in [-0.15, -0.1) is 0 Å². The van der Waals surface area contributed by atoms with Gasteiger partial charge in [-0.1, -0.05) is 12.2 Å². The molecule has 0 aromatic rings. The number of nitrogens with one attached hydrogen (secondary N) is 1. The van der Waals surface area contributed by atoms with Crippen molar-refractivity contribution in [3.63, 3.8) is 0 Å². The zero-order valence-corrected chi connectivity index (χ0v) is 8.56. The lowest BCUT2D eigenvalue weighted by Crippen LogP contribution is -2.39. The minimum atomic E-state index is 0.269. The van der Waals surface area contributed by atoms with Crippen molar-refractivity contribution in [2.75, 3.05) is 6.54 Å². The van der Waals surface area contributed by atoms with Crippen LogP contribution in [0.2, 0.25) is 0 Å². The van der Waals surface area contributed by atoms with Crippen molar-refractivity contribution in [3.05, 3.63) is 12.2 Å². The second-order valence-electron chi connectivity index (χ2n) is 4.75. The summed E-state index contributed by atoms with van der Waals surface area (Å²) in [5, 5.41) is 3.54. The fraction of sp³-hybridized carbons (Fsp3) is 0.818. The van der Waals surface area contributed by atoms with Gasteiger partial charge in [-0.05, 0) is 46.0 Å². The Kier molecular flexibility index (Phi) is 3.33. The molecular formula is C11H21N. The molecule has 0 amide bonds. The molecule has 70 valence electrons. The Labute approximate surface area is 76.2 Å². The fourth-order valence-electron chi connectivity index (χ4n) is 1.49. The fourth-order valence-corrected chi connectivity index (χ4v) is 1.49. The third kappa shape index (κ3) is 3.91. The van der Waals surface area contributed by atoms with E-state index in [2.05, 4.69) is 38.2 Å². The second-order valence-corrected chi connectivity index (χ2v) is 4.75. The topological polar surface area (TPSA) is 12.0 Å². The first-order chi connectivity index (χ1) is 5.58. The maximum Gasteiger partial charge on any atom is 0.00967 e. The van der Waals surface area contributed by atoms with Gasteiger partial charge in [0.15, 0.2) is 0 Å². The summed E-state index contributed by atoms with van der Waals surface area (Å²) in [6.07, 6.45) is 8.69. The predicted octanol–water partition coefficient (Wildman–Crippen LogP) is 2.73. The molecule has 0 saturated heterocycles. The summed E-state index contributed by atoms with van der Waals surface area (Å²) in [6.45, 7) is 7.80. The lowest BCUT2D eigenvalue weighted by atomic mass is 9.95. The average Bonchev–Trinajstić information content (AvgIpc) is 2.02. The van der Waals surface area contributed by atoms with E-state index in [9.17, 15) is 0 Å². The molecule has 1 heteroatoms. The van der Waals surface area contributed by atoms with Crippen LogP contribution in [0.25, 0.3) is 0 Å². The quantitative estimate of drug-likeness (QED) is 0.624. The van der Waals surface area contributed by atoms with E-state index < -0.39 is 0 Å². The summed E-state index contributed by atoms with van der Waals surface area (Å²) < 4.78 is 0. The molecule has 1 N–H and O–H groups in total. The van der Waals surface area contributed by atoms with Gasteiger partial charge in [0.25, 0.3) is 0 Å². The third-order valence-corrected chi connectivity index (χ3v) is 2.25. The van der Waals surface area contributed by atoms with E-state index in [1.54, 1.807) is 0 Å². The molecule has 1 atom stereocenters. The molecule has 1 rings (SSSR count). The summed E-state index contributed by atoms with van der Waals surface area (Å²) in [4.78, 5) is 0. The highest BCUT2D eigenvalue weighted by molar-refractivity contribution is 4.94. The highest BCUT2D eigenvalue weighted by Crippen LogP contribution is 2.16. The maximum absolute atomic E-state index is 3.54. The van der Waals surface area contributed by atoms with Crippen LogP contribution in [-0.2, 0) is 0 Å². The molecule has 12 heavy (non-hydrogen) atoms. The van der Waals surface area contributed by atoms with Gasteiger partial charge in [-0.2, -0.15) is 0 Å². The monoisotopic (exact) mass is 167 g/mol. The van der Waals surface area contributed by atoms with Crippen molar-refractivity contribution in [2.45, 2.75) is 45.6 Å². The van der Waals surface area contributed by atoms with Gasteiger partial charge < -0.3 is 5.32 Å². The molecule has 1 aliphatic carbocycles. The Morgan fingerprint density at radius 1 is 1.42 bits per heavy atom. The number of hydrogen-bond donors (Lipinski definition) is 1. The average molecular weight is 167 g/mol. The van der Waals surface area contributed by atoms with Gasteiger partial charge in [-0.3, -0.25) is 0 Å². The first kappa shape index (κ1) is 9.79. The maximum atomic E-state index is 3.54. The Hall–Kier alpha value is -0.300. The van der Waals surface area contributed by atoms with Crippen LogP contribution in [0.3, 0.4) is 0 Å². The van der Waals surface area contributed by atoms with E-state index in [-0.39, 0.29) is 5.54 Å². The minimum Gasteiger partial charge on any atom is -0.311 e. The van der Waals surface area contributed by atoms with Gasteiger partial charge in [0, 0.05) is 12.1 Å². The van der Waals surface area contributed by atoms with Gasteiger partial charge in [0.05, 0.1) is 0 Å². The SMILES string of the molecule is CC(C)(C)NCC1C=CCCC1. The van der Waals surface area contributed by atoms with Crippen molar-refractivity contribution in [2.24, 2.45) is 5.92 Å². The van der Waals surface area contributed by atoms with Crippen LogP contribution in [0, 0.1) is 5.92 Å². The molecule has 0 aromatic carbocycles. The summed E-state index contributed by atoms with van der Waals surface area (Å²) in [5.41, 5.74) is 0.269. The molecule has 0 fully saturated rings. The smallest absolute Gasteiger partial charge is 0.00967 e. The lowest BCUT2D eigenvalue weighted by molar-refractivity contribution is 0.381. The Morgan fingerprint density at radius 2 is 2.17 bits per heavy atom. The summed E-state index contributed by atoms with van der Waals surface area (Å²) in [6, 6.07) is 0. The number of hydrogen-bond acceptors (Lipinski definition) is 1. The van der Waals surface area contributed by atoms with E-state index >= 15 is 0 Å². The molecule has 1 nitrogen and oxygen atoms in total. The zero-order chi connectivity index (χ0) is 9.03. The molecule has 1 aliphatic rings. The van der Waals surface area contributed by atoms with Crippen molar-refractivity contribution in [1.29, 1.82) is 0 Å². The van der Waals surface area contributed by atoms with Crippen LogP contribution in [0.4, 0.5) is 0 Å². The Balaban J connectivity index is 2.22. The van der Waals surface area contributed by atoms with Crippen LogP contribution < -0.4 is 5.32 Å². The van der Waals surface area contributed by atoms with E-state index in [0.29, 0.717) is 0 Å². The minimum absolute atomic E-state index is 0.269. The van der Waals surface area contributed by atoms with Crippen LogP contribution in [0.15, 0.2) is 12.2 Å². The van der Waals surface area contributed by atoms with Crippen molar-refractivity contribution >= 4 is 0 Å². The van der Waals surface area contributed by atoms with E-state index in [1.807, 2.05) is 0 Å².